The molecule has 39 heavy (non-hydrogen) atoms. The Bertz CT molecular complexity index is 1650. The van der Waals surface area contributed by atoms with Gasteiger partial charge < -0.3 is 15.2 Å². The number of aromatic nitrogens is 3. The van der Waals surface area contributed by atoms with Crippen LogP contribution < -0.4 is 16.2 Å². The number of anilines is 2. The number of nitrogens with one attached hydrogen (secondary N) is 2. The molecule has 0 aliphatic rings. The van der Waals surface area contributed by atoms with Crippen LogP contribution in [-0.2, 0) is 28.7 Å². The number of alkyl halides is 3. The van der Waals surface area contributed by atoms with Crippen molar-refractivity contribution in [3.05, 3.63) is 94.2 Å². The summed E-state index contributed by atoms with van der Waals surface area (Å²) in [5, 5.41) is 5.62. The minimum absolute atomic E-state index is 0.206. The molecule has 8 nitrogen and oxygen atoms in total. The minimum Gasteiger partial charge on any atom is -0.325 e. The number of para-hydroxylation sites is 2. The number of hydrogen-bond donors (Lipinski definition) is 2. The standard InChI is InChI=1S/C28H26F3N5O3/c1-5-22-34-26-25(27(39)36(22)21-10-8-7-9-20(21)33-23(37)6-2)16(3)17(4)35(26)15-24(38)32-19-13-11-18(12-14-19)28(29,30)31/h6-14H,2,5,15H2,1,3-4H3,(H,32,38)(H,33,37). The molecule has 0 aliphatic heterocycles. The summed E-state index contributed by atoms with van der Waals surface area (Å²) in [6.45, 7) is 8.61. The van der Waals surface area contributed by atoms with Gasteiger partial charge in [0.1, 0.15) is 18.0 Å². The van der Waals surface area contributed by atoms with Crippen molar-refractivity contribution < 1.29 is 22.8 Å². The van der Waals surface area contributed by atoms with Crippen molar-refractivity contribution in [3.63, 3.8) is 0 Å². The second-order valence-electron chi connectivity index (χ2n) is 8.85. The number of amides is 2. The first kappa shape index (κ1) is 27.4. The summed E-state index contributed by atoms with van der Waals surface area (Å²) in [5.74, 6) is -0.509. The first-order chi connectivity index (χ1) is 18.5. The Kier molecular flexibility index (Phi) is 7.44. The van der Waals surface area contributed by atoms with Crippen molar-refractivity contribution in [3.8, 4) is 5.69 Å². The molecule has 2 amide bonds. The first-order valence-electron chi connectivity index (χ1n) is 12.1. The lowest BCUT2D eigenvalue weighted by molar-refractivity contribution is -0.137. The van der Waals surface area contributed by atoms with Crippen LogP contribution in [0.4, 0.5) is 24.5 Å². The van der Waals surface area contributed by atoms with Crippen molar-refractivity contribution in [2.75, 3.05) is 10.6 Å². The third-order valence-corrected chi connectivity index (χ3v) is 6.41. The van der Waals surface area contributed by atoms with Gasteiger partial charge in [-0.15, -0.1) is 0 Å². The van der Waals surface area contributed by atoms with Crippen molar-refractivity contribution in [1.82, 2.24) is 14.1 Å². The number of halogens is 3. The monoisotopic (exact) mass is 537 g/mol. The molecule has 2 heterocycles. The van der Waals surface area contributed by atoms with E-state index < -0.39 is 23.6 Å². The van der Waals surface area contributed by atoms with Crippen LogP contribution in [0.5, 0.6) is 0 Å². The smallest absolute Gasteiger partial charge is 0.325 e. The van der Waals surface area contributed by atoms with E-state index in [1.165, 1.54) is 16.7 Å². The van der Waals surface area contributed by atoms with E-state index in [-0.39, 0.29) is 17.8 Å². The largest absolute Gasteiger partial charge is 0.416 e. The fourth-order valence-electron chi connectivity index (χ4n) is 4.34. The lowest BCUT2D eigenvalue weighted by Crippen LogP contribution is -2.26. The van der Waals surface area contributed by atoms with E-state index in [4.69, 9.17) is 4.98 Å². The molecule has 4 rings (SSSR count). The van der Waals surface area contributed by atoms with Gasteiger partial charge in [-0.05, 0) is 61.9 Å². The van der Waals surface area contributed by atoms with E-state index in [2.05, 4.69) is 17.2 Å². The van der Waals surface area contributed by atoms with Crippen LogP contribution in [0, 0.1) is 13.8 Å². The maximum absolute atomic E-state index is 13.9. The number of benzene rings is 2. The quantitative estimate of drug-likeness (QED) is 0.319. The summed E-state index contributed by atoms with van der Waals surface area (Å²) in [5.41, 5.74) is 1.47. The number of fused-ring (bicyclic) bond motifs is 1. The third kappa shape index (κ3) is 5.33. The van der Waals surface area contributed by atoms with Crippen molar-refractivity contribution in [1.29, 1.82) is 0 Å². The Labute approximate surface area is 221 Å². The van der Waals surface area contributed by atoms with Crippen molar-refractivity contribution in [2.24, 2.45) is 0 Å². The first-order valence-corrected chi connectivity index (χ1v) is 12.1. The van der Waals surface area contributed by atoms with E-state index >= 15 is 0 Å². The molecule has 2 aromatic carbocycles. The van der Waals surface area contributed by atoms with Crippen LogP contribution >= 0.6 is 0 Å². The molecule has 2 N–H and O–H groups in total. The lowest BCUT2D eigenvalue weighted by Gasteiger charge is -2.16. The fourth-order valence-corrected chi connectivity index (χ4v) is 4.34. The number of rotatable bonds is 7. The molecule has 0 unspecified atom stereocenters. The van der Waals surface area contributed by atoms with Crippen LogP contribution in [0.15, 0.2) is 66.0 Å². The van der Waals surface area contributed by atoms with E-state index in [1.807, 2.05) is 6.92 Å². The fraction of sp³-hybridized carbons (Fsp3) is 0.214. The molecule has 0 saturated heterocycles. The zero-order valence-corrected chi connectivity index (χ0v) is 21.5. The SMILES string of the molecule is C=CC(=O)Nc1ccccc1-n1c(CC)nc2c(c(C)c(C)n2CC(=O)Nc2ccc(C(F)(F)F)cc2)c1=O. The summed E-state index contributed by atoms with van der Waals surface area (Å²) in [7, 11) is 0. The molecular formula is C28H26F3N5O3. The molecule has 11 heteroatoms. The van der Waals surface area contributed by atoms with E-state index in [0.717, 1.165) is 18.2 Å². The van der Waals surface area contributed by atoms with Crippen LogP contribution in [0.2, 0.25) is 0 Å². The second-order valence-corrected chi connectivity index (χ2v) is 8.85. The lowest BCUT2D eigenvalue weighted by atomic mass is 10.2. The van der Waals surface area contributed by atoms with Crippen LogP contribution in [0.1, 0.15) is 29.6 Å². The highest BCUT2D eigenvalue weighted by Crippen LogP contribution is 2.30. The van der Waals surface area contributed by atoms with Gasteiger partial charge in [0, 0.05) is 17.8 Å². The van der Waals surface area contributed by atoms with Gasteiger partial charge in [0.25, 0.3) is 5.56 Å². The molecule has 0 aliphatic carbocycles. The Morgan fingerprint density at radius 2 is 1.72 bits per heavy atom. The zero-order valence-electron chi connectivity index (χ0n) is 21.5. The van der Waals surface area contributed by atoms with Gasteiger partial charge in [0.2, 0.25) is 11.8 Å². The molecule has 2 aromatic heterocycles. The normalized spacial score (nSPS) is 11.4. The highest BCUT2D eigenvalue weighted by Gasteiger charge is 2.30. The summed E-state index contributed by atoms with van der Waals surface area (Å²) >= 11 is 0. The Morgan fingerprint density at radius 3 is 2.33 bits per heavy atom. The van der Waals surface area contributed by atoms with Gasteiger partial charge >= 0.3 is 6.18 Å². The predicted octanol–water partition coefficient (Wildman–Crippen LogP) is 5.15. The van der Waals surface area contributed by atoms with Gasteiger partial charge in [-0.3, -0.25) is 19.0 Å². The summed E-state index contributed by atoms with van der Waals surface area (Å²) in [6, 6.07) is 11.0. The molecular weight excluding hydrogens is 511 g/mol. The zero-order chi connectivity index (χ0) is 28.5. The highest BCUT2D eigenvalue weighted by atomic mass is 19.4. The van der Waals surface area contributed by atoms with E-state index in [9.17, 15) is 27.6 Å². The Morgan fingerprint density at radius 1 is 1.05 bits per heavy atom. The maximum atomic E-state index is 13.9. The predicted molar refractivity (Wildman–Crippen MR) is 143 cm³/mol. The average molecular weight is 538 g/mol. The molecule has 0 spiro atoms. The number of carbonyl (C=O) groups excluding carboxylic acids is 2. The molecule has 0 radical (unpaired) electrons. The molecule has 202 valence electrons. The van der Waals surface area contributed by atoms with Crippen LogP contribution in [0.3, 0.4) is 0 Å². The number of nitrogens with zero attached hydrogens (tertiary/aromatic N) is 3. The second kappa shape index (κ2) is 10.6. The van der Waals surface area contributed by atoms with Gasteiger partial charge in [0.15, 0.2) is 0 Å². The topological polar surface area (TPSA) is 98.0 Å². The number of hydrogen-bond acceptors (Lipinski definition) is 4. The Balaban J connectivity index is 1.75. The van der Waals surface area contributed by atoms with Crippen LogP contribution in [-0.4, -0.2) is 25.9 Å². The summed E-state index contributed by atoms with van der Waals surface area (Å²) in [6.07, 6.45) is -2.98. The number of aryl methyl sites for hydroxylation is 2. The minimum atomic E-state index is -4.48. The van der Waals surface area contributed by atoms with Gasteiger partial charge in [0.05, 0.1) is 22.3 Å². The van der Waals surface area contributed by atoms with E-state index in [1.54, 1.807) is 42.7 Å². The molecule has 0 bridgehead atoms. The van der Waals surface area contributed by atoms with E-state index in [0.29, 0.717) is 45.9 Å². The van der Waals surface area contributed by atoms with Crippen molar-refractivity contribution in [2.45, 2.75) is 39.9 Å². The highest BCUT2D eigenvalue weighted by molar-refractivity contribution is 6.00. The summed E-state index contributed by atoms with van der Waals surface area (Å²) in [4.78, 5) is 43.5. The van der Waals surface area contributed by atoms with Crippen molar-refractivity contribution >= 4 is 34.2 Å². The Hall–Kier alpha value is -4.67. The van der Waals surface area contributed by atoms with Gasteiger partial charge in [-0.2, -0.15) is 13.2 Å². The average Bonchev–Trinajstić information content (AvgIpc) is 3.13. The summed E-state index contributed by atoms with van der Waals surface area (Å²) < 4.78 is 41.6. The molecule has 0 atom stereocenters. The molecule has 0 fully saturated rings. The van der Waals surface area contributed by atoms with Gasteiger partial charge in [-0.1, -0.05) is 25.6 Å². The number of carbonyl (C=O) groups is 2. The maximum Gasteiger partial charge on any atom is 0.416 e. The molecule has 0 saturated carbocycles. The van der Waals surface area contributed by atoms with Gasteiger partial charge in [-0.25, -0.2) is 4.98 Å². The molecule has 4 aromatic rings. The third-order valence-electron chi connectivity index (χ3n) is 6.41. The van der Waals surface area contributed by atoms with Crippen LogP contribution in [0.25, 0.3) is 16.7 Å².